The number of amides is 1. The van der Waals surface area contributed by atoms with E-state index in [4.69, 9.17) is 4.74 Å². The van der Waals surface area contributed by atoms with Crippen molar-refractivity contribution in [3.63, 3.8) is 0 Å². The molecule has 1 aliphatic heterocycles. The summed E-state index contributed by atoms with van der Waals surface area (Å²) in [5.41, 5.74) is 3.17. The largest absolute Gasteiger partial charge is 0.487 e. The Kier molecular flexibility index (Phi) is 5.98. The molecule has 3 rings (SSSR count). The van der Waals surface area contributed by atoms with Crippen LogP contribution in [0, 0.1) is 6.92 Å². The van der Waals surface area contributed by atoms with Crippen LogP contribution in [0.25, 0.3) is 0 Å². The van der Waals surface area contributed by atoms with E-state index >= 15 is 0 Å². The fourth-order valence-corrected chi connectivity index (χ4v) is 4.23. The fourth-order valence-electron chi connectivity index (χ4n) is 3.17. The molecule has 0 aromatic heterocycles. The molecule has 5 heteroatoms. The second-order valence-corrected chi connectivity index (χ2v) is 9.25. The van der Waals surface area contributed by atoms with E-state index in [1.54, 1.807) is 11.8 Å². The van der Waals surface area contributed by atoms with Crippen LogP contribution >= 0.6 is 27.7 Å². The molecule has 1 amide bonds. The molecule has 2 aromatic rings. The summed E-state index contributed by atoms with van der Waals surface area (Å²) < 4.78 is 7.17. The molecule has 1 aliphatic rings. The number of benzene rings is 2. The zero-order chi connectivity index (χ0) is 18.7. The molecule has 2 aromatic carbocycles. The van der Waals surface area contributed by atoms with Crippen LogP contribution in [0.1, 0.15) is 43.0 Å². The van der Waals surface area contributed by atoms with Crippen molar-refractivity contribution in [1.29, 1.82) is 0 Å². The fraction of sp³-hybridized carbons (Fsp3) is 0.381. The van der Waals surface area contributed by atoms with Gasteiger partial charge in [-0.3, -0.25) is 4.79 Å². The minimum Gasteiger partial charge on any atom is -0.487 e. The molecule has 138 valence electrons. The Morgan fingerprint density at radius 1 is 1.27 bits per heavy atom. The number of carbonyl (C=O) groups excluding carboxylic acids is 1. The van der Waals surface area contributed by atoms with Gasteiger partial charge in [-0.2, -0.15) is 0 Å². The molecule has 0 spiro atoms. The summed E-state index contributed by atoms with van der Waals surface area (Å²) in [6, 6.07) is 14.4. The van der Waals surface area contributed by atoms with Gasteiger partial charge >= 0.3 is 0 Å². The summed E-state index contributed by atoms with van der Waals surface area (Å²) in [4.78, 5) is 12.5. The molecule has 0 fully saturated rings. The number of halogens is 1. The first-order valence-corrected chi connectivity index (χ1v) is 10.7. The van der Waals surface area contributed by atoms with Crippen LogP contribution in [0.15, 0.2) is 46.9 Å². The van der Waals surface area contributed by atoms with Crippen LogP contribution in [0.3, 0.4) is 0 Å². The van der Waals surface area contributed by atoms with Gasteiger partial charge in [0.05, 0.1) is 11.8 Å². The number of carbonyl (C=O) groups is 1. The average Bonchev–Trinajstić information content (AvgIpc) is 2.55. The third kappa shape index (κ3) is 5.04. The van der Waals surface area contributed by atoms with Crippen molar-refractivity contribution < 1.29 is 9.53 Å². The first-order chi connectivity index (χ1) is 12.3. The van der Waals surface area contributed by atoms with Gasteiger partial charge < -0.3 is 10.1 Å². The topological polar surface area (TPSA) is 38.3 Å². The van der Waals surface area contributed by atoms with E-state index < -0.39 is 0 Å². The van der Waals surface area contributed by atoms with Gasteiger partial charge in [0.15, 0.2) is 0 Å². The van der Waals surface area contributed by atoms with E-state index in [9.17, 15) is 4.79 Å². The smallest absolute Gasteiger partial charge is 0.230 e. The molecular formula is C21H24BrNO2S. The van der Waals surface area contributed by atoms with Gasteiger partial charge in [-0.25, -0.2) is 0 Å². The highest BCUT2D eigenvalue weighted by Crippen LogP contribution is 2.39. The van der Waals surface area contributed by atoms with Gasteiger partial charge in [0.1, 0.15) is 11.4 Å². The molecule has 0 unspecified atom stereocenters. The molecule has 1 heterocycles. The van der Waals surface area contributed by atoms with Crippen LogP contribution < -0.4 is 10.1 Å². The van der Waals surface area contributed by atoms with Gasteiger partial charge in [0, 0.05) is 22.2 Å². The average molecular weight is 434 g/mol. The molecule has 0 saturated heterocycles. The number of rotatable bonds is 5. The lowest BCUT2D eigenvalue weighted by molar-refractivity contribution is -0.119. The standard InChI is InChI=1S/C21H24BrNO2S/c1-14-4-9-17-18(11-21(2,3)25-19(17)10-14)23-20(24)13-26-12-15-5-7-16(22)8-6-15/h4-10,18H,11-13H2,1-3H3,(H,23,24)/t18-/m0/s1. The lowest BCUT2D eigenvalue weighted by Crippen LogP contribution is -2.41. The number of hydrogen-bond acceptors (Lipinski definition) is 3. The summed E-state index contributed by atoms with van der Waals surface area (Å²) in [6.07, 6.45) is 0.770. The lowest BCUT2D eigenvalue weighted by atomic mass is 9.89. The second kappa shape index (κ2) is 8.05. The van der Waals surface area contributed by atoms with E-state index in [-0.39, 0.29) is 17.6 Å². The number of hydrogen-bond donors (Lipinski definition) is 1. The quantitative estimate of drug-likeness (QED) is 0.684. The number of aryl methyl sites for hydroxylation is 1. The zero-order valence-corrected chi connectivity index (χ0v) is 17.7. The third-order valence-electron chi connectivity index (χ3n) is 4.38. The van der Waals surface area contributed by atoms with Gasteiger partial charge in [0.25, 0.3) is 0 Å². The Hall–Kier alpha value is -1.46. The van der Waals surface area contributed by atoms with Crippen molar-refractivity contribution in [1.82, 2.24) is 5.32 Å². The van der Waals surface area contributed by atoms with Gasteiger partial charge in [-0.05, 0) is 50.1 Å². The highest BCUT2D eigenvalue weighted by atomic mass is 79.9. The van der Waals surface area contributed by atoms with Crippen LogP contribution in [0.5, 0.6) is 5.75 Å². The number of ether oxygens (including phenoxy) is 1. The van der Waals surface area contributed by atoms with Crippen molar-refractivity contribution in [3.8, 4) is 5.75 Å². The Balaban J connectivity index is 1.59. The molecule has 0 radical (unpaired) electrons. The maximum absolute atomic E-state index is 12.5. The van der Waals surface area contributed by atoms with Crippen molar-refractivity contribution >= 4 is 33.6 Å². The summed E-state index contributed by atoms with van der Waals surface area (Å²) in [5, 5.41) is 3.20. The number of nitrogens with one attached hydrogen (secondary N) is 1. The normalized spacial score (nSPS) is 17.9. The Bertz CT molecular complexity index is 789. The van der Waals surface area contributed by atoms with Gasteiger partial charge in [0.2, 0.25) is 5.91 Å². The molecule has 1 N–H and O–H groups in total. The minimum absolute atomic E-state index is 0.00451. The molecule has 1 atom stereocenters. The maximum atomic E-state index is 12.5. The van der Waals surface area contributed by atoms with Gasteiger partial charge in [-0.1, -0.05) is 40.2 Å². The summed E-state index contributed by atoms with van der Waals surface area (Å²) in [7, 11) is 0. The SMILES string of the molecule is Cc1ccc2c(c1)OC(C)(C)C[C@@H]2NC(=O)CSCc1ccc(Br)cc1. The van der Waals surface area contributed by atoms with Crippen molar-refractivity contribution in [3.05, 3.63) is 63.6 Å². The lowest BCUT2D eigenvalue weighted by Gasteiger charge is -2.38. The Morgan fingerprint density at radius 3 is 2.73 bits per heavy atom. The van der Waals surface area contributed by atoms with Crippen LogP contribution in [0.2, 0.25) is 0 Å². The van der Waals surface area contributed by atoms with Crippen LogP contribution in [0.4, 0.5) is 0 Å². The van der Waals surface area contributed by atoms with E-state index in [2.05, 4.69) is 72.3 Å². The summed E-state index contributed by atoms with van der Waals surface area (Å²) >= 11 is 5.07. The predicted molar refractivity (Wildman–Crippen MR) is 112 cm³/mol. The van der Waals surface area contributed by atoms with E-state index in [1.165, 1.54) is 5.56 Å². The molecular weight excluding hydrogens is 410 g/mol. The predicted octanol–water partition coefficient (Wildman–Crippen LogP) is 5.41. The van der Waals surface area contributed by atoms with Crippen molar-refractivity contribution in [2.75, 3.05) is 5.75 Å². The van der Waals surface area contributed by atoms with Crippen molar-refractivity contribution in [2.45, 2.75) is 44.6 Å². The molecule has 3 nitrogen and oxygen atoms in total. The minimum atomic E-state index is -0.288. The first kappa shape index (κ1) is 19.3. The Labute approximate surface area is 168 Å². The monoisotopic (exact) mass is 433 g/mol. The molecule has 26 heavy (non-hydrogen) atoms. The number of thioether (sulfide) groups is 1. The molecule has 0 aliphatic carbocycles. The first-order valence-electron chi connectivity index (χ1n) is 8.73. The zero-order valence-electron chi connectivity index (χ0n) is 15.3. The Morgan fingerprint density at radius 2 is 2.00 bits per heavy atom. The van der Waals surface area contributed by atoms with E-state index in [0.717, 1.165) is 33.5 Å². The van der Waals surface area contributed by atoms with Crippen LogP contribution in [-0.2, 0) is 10.5 Å². The molecule has 0 bridgehead atoms. The van der Waals surface area contributed by atoms with E-state index in [0.29, 0.717) is 5.75 Å². The van der Waals surface area contributed by atoms with Gasteiger partial charge in [-0.15, -0.1) is 11.8 Å². The van der Waals surface area contributed by atoms with Crippen molar-refractivity contribution in [2.24, 2.45) is 0 Å². The molecule has 0 saturated carbocycles. The third-order valence-corrected chi connectivity index (χ3v) is 5.91. The highest BCUT2D eigenvalue weighted by Gasteiger charge is 2.34. The summed E-state index contributed by atoms with van der Waals surface area (Å²) in [5.74, 6) is 2.24. The maximum Gasteiger partial charge on any atom is 0.230 e. The number of fused-ring (bicyclic) bond motifs is 1. The second-order valence-electron chi connectivity index (χ2n) is 7.35. The summed E-state index contributed by atoms with van der Waals surface area (Å²) in [6.45, 7) is 6.19. The highest BCUT2D eigenvalue weighted by molar-refractivity contribution is 9.10. The van der Waals surface area contributed by atoms with Crippen LogP contribution in [-0.4, -0.2) is 17.3 Å². The van der Waals surface area contributed by atoms with E-state index in [1.807, 2.05) is 12.1 Å².